The van der Waals surface area contributed by atoms with Gasteiger partial charge in [0.1, 0.15) is 11.4 Å². The Morgan fingerprint density at radius 2 is 1.88 bits per heavy atom. The van der Waals surface area contributed by atoms with Gasteiger partial charge in [0.15, 0.2) is 0 Å². The Kier molecular flexibility index (Phi) is 3.06. The fourth-order valence-electron chi connectivity index (χ4n) is 2.95. The Morgan fingerprint density at radius 3 is 2.62 bits per heavy atom. The Bertz CT molecular complexity index is 1140. The van der Waals surface area contributed by atoms with Crippen LogP contribution in [0.4, 0.5) is 0 Å². The second-order valence-corrected chi connectivity index (χ2v) is 5.53. The second kappa shape index (κ2) is 5.13. The van der Waals surface area contributed by atoms with Crippen LogP contribution < -0.4 is 4.74 Å². The minimum Gasteiger partial charge on any atom is -0.427 e. The molecule has 4 aromatic rings. The molecule has 0 unspecified atom stereocenters. The lowest BCUT2D eigenvalue weighted by Gasteiger charge is -2.03. The zero-order valence-corrected chi connectivity index (χ0v) is 13.1. The molecule has 0 aliphatic heterocycles. The van der Waals surface area contributed by atoms with Crippen LogP contribution >= 0.6 is 0 Å². The van der Waals surface area contributed by atoms with Crippen molar-refractivity contribution in [3.05, 3.63) is 42.6 Å². The fraction of sp³-hybridized carbons (Fsp3) is 0.111. The summed E-state index contributed by atoms with van der Waals surface area (Å²) < 4.78 is 6.72. The van der Waals surface area contributed by atoms with E-state index in [1.807, 2.05) is 12.1 Å². The van der Waals surface area contributed by atoms with E-state index in [0.717, 1.165) is 27.3 Å². The van der Waals surface area contributed by atoms with Crippen molar-refractivity contribution >= 4 is 44.8 Å². The maximum atomic E-state index is 12.2. The van der Waals surface area contributed by atoms with E-state index in [1.165, 1.54) is 13.8 Å². The molecule has 0 saturated heterocycles. The van der Waals surface area contributed by atoms with Gasteiger partial charge in [0.25, 0.3) is 0 Å². The van der Waals surface area contributed by atoms with Crippen LogP contribution in [0.15, 0.2) is 42.6 Å². The Hall–Kier alpha value is -3.28. The highest BCUT2D eigenvalue weighted by Crippen LogP contribution is 2.32. The highest BCUT2D eigenvalue weighted by atomic mass is 16.5. The zero-order chi connectivity index (χ0) is 16.8. The summed E-state index contributed by atoms with van der Waals surface area (Å²) in [6.07, 6.45) is 1.70. The first-order valence-corrected chi connectivity index (χ1v) is 7.44. The molecule has 0 spiro atoms. The molecule has 0 radical (unpaired) electrons. The van der Waals surface area contributed by atoms with Gasteiger partial charge in [-0.15, -0.1) is 0 Å². The lowest BCUT2D eigenvalue weighted by atomic mass is 10.1. The van der Waals surface area contributed by atoms with E-state index >= 15 is 0 Å². The number of fused-ring (bicyclic) bond motifs is 4. The van der Waals surface area contributed by atoms with Gasteiger partial charge in [0.05, 0.1) is 16.6 Å². The van der Waals surface area contributed by atoms with Gasteiger partial charge < -0.3 is 4.74 Å². The van der Waals surface area contributed by atoms with Crippen LogP contribution in [0.3, 0.4) is 0 Å². The third kappa shape index (κ3) is 2.11. The van der Waals surface area contributed by atoms with Crippen molar-refractivity contribution in [1.29, 1.82) is 0 Å². The lowest BCUT2D eigenvalue weighted by Crippen LogP contribution is -2.06. The average molecular weight is 319 g/mol. The third-order valence-corrected chi connectivity index (χ3v) is 3.85. The second-order valence-electron chi connectivity index (χ2n) is 5.53. The maximum Gasteiger partial charge on any atom is 0.308 e. The summed E-state index contributed by atoms with van der Waals surface area (Å²) >= 11 is 0. The predicted molar refractivity (Wildman–Crippen MR) is 90.1 cm³/mol. The van der Waals surface area contributed by atoms with Crippen molar-refractivity contribution in [2.45, 2.75) is 13.8 Å². The minimum absolute atomic E-state index is 0.133. The molecule has 0 amide bonds. The number of aromatic nitrogens is 3. The van der Waals surface area contributed by atoms with Crippen molar-refractivity contribution in [3.8, 4) is 5.75 Å². The first-order chi connectivity index (χ1) is 11.5. The Labute approximate surface area is 136 Å². The standard InChI is InChI=1S/C18H13N3O3/c1-10(22)21-17-6-5-12(24-11(2)23)8-13(17)14-9-16-15(20-18(14)21)4-3-7-19-16/h3-9H,1-2H3. The van der Waals surface area contributed by atoms with Crippen molar-refractivity contribution in [2.75, 3.05) is 0 Å². The Morgan fingerprint density at radius 1 is 1.04 bits per heavy atom. The number of esters is 1. The number of carbonyl (C=O) groups excluding carboxylic acids is 2. The van der Waals surface area contributed by atoms with E-state index in [1.54, 1.807) is 35.0 Å². The molecule has 3 aromatic heterocycles. The van der Waals surface area contributed by atoms with Gasteiger partial charge in [-0.25, -0.2) is 4.98 Å². The third-order valence-electron chi connectivity index (χ3n) is 3.85. The summed E-state index contributed by atoms with van der Waals surface area (Å²) in [6, 6.07) is 10.7. The van der Waals surface area contributed by atoms with Gasteiger partial charge in [-0.3, -0.25) is 19.1 Å². The molecule has 0 fully saturated rings. The van der Waals surface area contributed by atoms with Gasteiger partial charge in [-0.1, -0.05) is 0 Å². The highest BCUT2D eigenvalue weighted by Gasteiger charge is 2.17. The summed E-state index contributed by atoms with van der Waals surface area (Å²) in [4.78, 5) is 32.3. The molecule has 24 heavy (non-hydrogen) atoms. The summed E-state index contributed by atoms with van der Waals surface area (Å²) in [7, 11) is 0. The maximum absolute atomic E-state index is 12.2. The van der Waals surface area contributed by atoms with Crippen molar-refractivity contribution in [3.63, 3.8) is 0 Å². The number of hydrogen-bond acceptors (Lipinski definition) is 5. The number of nitrogens with zero attached hydrogens (tertiary/aromatic N) is 3. The van der Waals surface area contributed by atoms with E-state index in [-0.39, 0.29) is 5.91 Å². The van der Waals surface area contributed by atoms with Crippen LogP contribution in [-0.4, -0.2) is 26.4 Å². The molecular formula is C18H13N3O3. The largest absolute Gasteiger partial charge is 0.427 e. The molecule has 0 aliphatic rings. The SMILES string of the molecule is CC(=O)Oc1ccc2c(c1)c1cc3ncccc3nc1n2C(C)=O. The van der Waals surface area contributed by atoms with Crippen LogP contribution in [0.1, 0.15) is 18.6 Å². The first kappa shape index (κ1) is 14.3. The number of ether oxygens (including phenoxy) is 1. The Balaban J connectivity index is 2.14. The summed E-state index contributed by atoms with van der Waals surface area (Å²) in [5.74, 6) is -0.0976. The number of carbonyl (C=O) groups is 2. The number of hydrogen-bond donors (Lipinski definition) is 0. The van der Waals surface area contributed by atoms with E-state index in [4.69, 9.17) is 4.74 Å². The monoisotopic (exact) mass is 319 g/mol. The molecule has 3 heterocycles. The van der Waals surface area contributed by atoms with Crippen LogP contribution in [0.2, 0.25) is 0 Å². The summed E-state index contributed by atoms with van der Waals surface area (Å²) in [6.45, 7) is 2.84. The molecule has 6 nitrogen and oxygen atoms in total. The summed E-state index contributed by atoms with van der Waals surface area (Å²) in [5, 5.41) is 1.58. The molecule has 0 N–H and O–H groups in total. The van der Waals surface area contributed by atoms with Crippen molar-refractivity contribution in [1.82, 2.24) is 14.5 Å². The summed E-state index contributed by atoms with van der Waals surface area (Å²) in [5.41, 5.74) is 2.75. The number of pyridine rings is 2. The first-order valence-electron chi connectivity index (χ1n) is 7.44. The van der Waals surface area contributed by atoms with Crippen LogP contribution in [0.25, 0.3) is 33.0 Å². The van der Waals surface area contributed by atoms with Crippen molar-refractivity contribution < 1.29 is 14.3 Å². The number of rotatable bonds is 1. The zero-order valence-electron chi connectivity index (χ0n) is 13.1. The lowest BCUT2D eigenvalue weighted by molar-refractivity contribution is -0.131. The van der Waals surface area contributed by atoms with Crippen LogP contribution in [0, 0.1) is 0 Å². The molecule has 6 heteroatoms. The van der Waals surface area contributed by atoms with Crippen LogP contribution in [-0.2, 0) is 4.79 Å². The molecule has 0 aliphatic carbocycles. The van der Waals surface area contributed by atoms with E-state index < -0.39 is 5.97 Å². The molecular weight excluding hydrogens is 306 g/mol. The van der Waals surface area contributed by atoms with E-state index in [9.17, 15) is 9.59 Å². The van der Waals surface area contributed by atoms with Gasteiger partial charge >= 0.3 is 5.97 Å². The molecule has 0 bridgehead atoms. The van der Waals surface area contributed by atoms with E-state index in [2.05, 4.69) is 9.97 Å². The smallest absolute Gasteiger partial charge is 0.308 e. The molecule has 118 valence electrons. The quantitative estimate of drug-likeness (QED) is 0.397. The van der Waals surface area contributed by atoms with Crippen LogP contribution in [0.5, 0.6) is 5.75 Å². The molecule has 0 saturated carbocycles. The molecule has 4 rings (SSSR count). The normalized spacial score (nSPS) is 11.2. The predicted octanol–water partition coefficient (Wildman–Crippen LogP) is 3.32. The van der Waals surface area contributed by atoms with Gasteiger partial charge in [0, 0.05) is 30.8 Å². The van der Waals surface area contributed by atoms with Gasteiger partial charge in [-0.2, -0.15) is 0 Å². The molecule has 0 atom stereocenters. The highest BCUT2D eigenvalue weighted by molar-refractivity contribution is 6.14. The molecule has 1 aromatic carbocycles. The number of benzene rings is 1. The minimum atomic E-state index is -0.394. The van der Waals surface area contributed by atoms with Crippen molar-refractivity contribution in [2.24, 2.45) is 0 Å². The average Bonchev–Trinajstić information content (AvgIpc) is 2.85. The van der Waals surface area contributed by atoms with Gasteiger partial charge in [-0.05, 0) is 36.4 Å². The van der Waals surface area contributed by atoms with E-state index in [0.29, 0.717) is 11.4 Å². The fourth-order valence-corrected chi connectivity index (χ4v) is 2.95. The van der Waals surface area contributed by atoms with Gasteiger partial charge in [0.2, 0.25) is 5.91 Å². The topological polar surface area (TPSA) is 74.1 Å².